The Hall–Kier alpha value is -2.40. The Labute approximate surface area is 148 Å². The monoisotopic (exact) mass is 337 g/mol. The van der Waals surface area contributed by atoms with E-state index in [-0.39, 0.29) is 5.91 Å². The van der Waals surface area contributed by atoms with Crippen molar-refractivity contribution >= 4 is 17.4 Å². The molecule has 0 bridgehead atoms. The molecule has 1 fully saturated rings. The summed E-state index contributed by atoms with van der Waals surface area (Å²) < 4.78 is 5.40. The highest BCUT2D eigenvalue weighted by molar-refractivity contribution is 6.07. The van der Waals surface area contributed by atoms with Crippen LogP contribution in [0.3, 0.4) is 0 Å². The number of aromatic nitrogens is 1. The number of nitrogens with zero attached hydrogens (tertiary/aromatic N) is 2. The predicted octanol–water partition coefficient (Wildman–Crippen LogP) is 3.26. The average molecular weight is 337 g/mol. The van der Waals surface area contributed by atoms with Crippen molar-refractivity contribution in [3.05, 3.63) is 53.7 Å². The molecular weight excluding hydrogens is 314 g/mol. The summed E-state index contributed by atoms with van der Waals surface area (Å²) in [6.45, 7) is 0.735. The number of methoxy groups -OCH3 is 1. The Kier molecular flexibility index (Phi) is 4.40. The molecular formula is C20H23N3O2. The van der Waals surface area contributed by atoms with Crippen LogP contribution in [0.4, 0.5) is 11.5 Å². The summed E-state index contributed by atoms with van der Waals surface area (Å²) in [5, 5.41) is 3.44. The Balaban J connectivity index is 1.43. The number of fused-ring (bicyclic) bond motifs is 1. The number of ether oxygens (including phenoxy) is 1. The van der Waals surface area contributed by atoms with Gasteiger partial charge in [0.2, 0.25) is 0 Å². The van der Waals surface area contributed by atoms with Gasteiger partial charge in [-0.1, -0.05) is 18.2 Å². The van der Waals surface area contributed by atoms with Crippen LogP contribution in [0.25, 0.3) is 0 Å². The average Bonchev–Trinajstić information content (AvgIpc) is 3.28. The molecule has 5 heteroatoms. The molecule has 2 aromatic rings. The molecule has 4 rings (SSSR count). The maximum atomic E-state index is 12.8. The van der Waals surface area contributed by atoms with Crippen molar-refractivity contribution < 1.29 is 9.53 Å². The molecule has 1 aliphatic carbocycles. The summed E-state index contributed by atoms with van der Waals surface area (Å²) in [6, 6.07) is 12.2. The van der Waals surface area contributed by atoms with Crippen molar-refractivity contribution in [2.45, 2.75) is 37.8 Å². The summed E-state index contributed by atoms with van der Waals surface area (Å²) in [7, 11) is 1.77. The third-order valence-corrected chi connectivity index (χ3v) is 5.21. The van der Waals surface area contributed by atoms with Crippen molar-refractivity contribution in [3.8, 4) is 0 Å². The second kappa shape index (κ2) is 6.84. The third kappa shape index (κ3) is 3.24. The van der Waals surface area contributed by atoms with Crippen LogP contribution in [-0.4, -0.2) is 36.7 Å². The highest BCUT2D eigenvalue weighted by Gasteiger charge is 2.26. The topological polar surface area (TPSA) is 54.5 Å². The second-order valence-corrected chi connectivity index (χ2v) is 6.78. The number of nitrogens with one attached hydrogen (secondary N) is 1. The number of carbonyl (C=O) groups is 1. The predicted molar refractivity (Wildman–Crippen MR) is 98.1 cm³/mol. The Morgan fingerprint density at radius 3 is 2.88 bits per heavy atom. The molecule has 2 unspecified atom stereocenters. The molecule has 130 valence electrons. The maximum Gasteiger partial charge on any atom is 0.259 e. The van der Waals surface area contributed by atoms with E-state index in [1.54, 1.807) is 13.3 Å². The number of hydrogen-bond acceptors (Lipinski definition) is 4. The minimum absolute atomic E-state index is 0.0179. The minimum Gasteiger partial charge on any atom is -0.381 e. The van der Waals surface area contributed by atoms with Gasteiger partial charge in [0.1, 0.15) is 5.82 Å². The van der Waals surface area contributed by atoms with E-state index in [2.05, 4.69) is 16.4 Å². The van der Waals surface area contributed by atoms with Crippen LogP contribution in [0, 0.1) is 0 Å². The number of para-hydroxylation sites is 1. The number of benzene rings is 1. The van der Waals surface area contributed by atoms with Crippen LogP contribution in [0.1, 0.15) is 35.2 Å². The summed E-state index contributed by atoms with van der Waals surface area (Å²) in [6.07, 6.45) is 6.10. The molecule has 1 aromatic heterocycles. The van der Waals surface area contributed by atoms with Crippen LogP contribution in [0.5, 0.6) is 0 Å². The molecule has 0 radical (unpaired) electrons. The van der Waals surface area contributed by atoms with Gasteiger partial charge in [0.05, 0.1) is 11.7 Å². The van der Waals surface area contributed by atoms with Gasteiger partial charge in [0, 0.05) is 31.6 Å². The first kappa shape index (κ1) is 16.1. The van der Waals surface area contributed by atoms with Gasteiger partial charge in [-0.05, 0) is 49.4 Å². The fraction of sp³-hybridized carbons (Fsp3) is 0.400. The van der Waals surface area contributed by atoms with Crippen molar-refractivity contribution in [2.24, 2.45) is 0 Å². The van der Waals surface area contributed by atoms with Gasteiger partial charge in [-0.3, -0.25) is 4.79 Å². The van der Waals surface area contributed by atoms with Crippen LogP contribution in [0.2, 0.25) is 0 Å². The molecule has 5 nitrogen and oxygen atoms in total. The van der Waals surface area contributed by atoms with Crippen LogP contribution in [-0.2, 0) is 11.2 Å². The standard InChI is InChI=1S/C20H23N3O2/c1-25-17-8-7-16(12-17)22-19-9-6-15(13-21-19)20(24)23-11-10-14-4-2-3-5-18(14)23/h2-6,9,13,16-17H,7-8,10-12H2,1H3,(H,21,22). The van der Waals surface area contributed by atoms with E-state index in [4.69, 9.17) is 4.74 Å². The van der Waals surface area contributed by atoms with Crippen LogP contribution >= 0.6 is 0 Å². The summed E-state index contributed by atoms with van der Waals surface area (Å²) >= 11 is 0. The van der Waals surface area contributed by atoms with Crippen LogP contribution < -0.4 is 10.2 Å². The smallest absolute Gasteiger partial charge is 0.259 e. The molecule has 1 aromatic carbocycles. The van der Waals surface area contributed by atoms with E-state index in [0.717, 1.165) is 43.7 Å². The zero-order chi connectivity index (χ0) is 17.2. The van der Waals surface area contributed by atoms with E-state index >= 15 is 0 Å². The molecule has 1 amide bonds. The lowest BCUT2D eigenvalue weighted by atomic mass is 10.2. The second-order valence-electron chi connectivity index (χ2n) is 6.78. The molecule has 2 atom stereocenters. The van der Waals surface area contributed by atoms with E-state index in [0.29, 0.717) is 17.7 Å². The SMILES string of the molecule is COC1CCC(Nc2ccc(C(=O)N3CCc4ccccc43)cn2)C1. The lowest BCUT2D eigenvalue weighted by Crippen LogP contribution is -2.29. The molecule has 0 spiro atoms. The first-order chi connectivity index (χ1) is 12.2. The summed E-state index contributed by atoms with van der Waals surface area (Å²) in [5.74, 6) is 0.837. The fourth-order valence-electron chi connectivity index (χ4n) is 3.81. The number of rotatable bonds is 4. The van der Waals surface area contributed by atoms with Gasteiger partial charge in [0.15, 0.2) is 0 Å². The number of anilines is 2. The molecule has 0 saturated heterocycles. The highest BCUT2D eigenvalue weighted by Crippen LogP contribution is 2.29. The number of carbonyl (C=O) groups excluding carboxylic acids is 1. The number of pyridine rings is 1. The molecule has 1 N–H and O–H groups in total. The number of amides is 1. The molecule has 1 saturated carbocycles. The highest BCUT2D eigenvalue weighted by atomic mass is 16.5. The Morgan fingerprint density at radius 1 is 1.24 bits per heavy atom. The molecule has 2 aliphatic rings. The lowest BCUT2D eigenvalue weighted by molar-refractivity contribution is 0.0989. The first-order valence-corrected chi connectivity index (χ1v) is 8.90. The van der Waals surface area contributed by atoms with E-state index in [9.17, 15) is 4.79 Å². The number of hydrogen-bond donors (Lipinski definition) is 1. The minimum atomic E-state index is 0.0179. The largest absolute Gasteiger partial charge is 0.381 e. The van der Waals surface area contributed by atoms with Gasteiger partial charge in [-0.2, -0.15) is 0 Å². The summed E-state index contributed by atoms with van der Waals surface area (Å²) in [5.41, 5.74) is 2.88. The van der Waals surface area contributed by atoms with E-state index in [1.165, 1.54) is 5.56 Å². The van der Waals surface area contributed by atoms with Crippen molar-refractivity contribution in [1.29, 1.82) is 0 Å². The van der Waals surface area contributed by atoms with E-state index in [1.807, 2.05) is 35.2 Å². The Bertz CT molecular complexity index is 760. The zero-order valence-corrected chi connectivity index (χ0v) is 14.4. The lowest BCUT2D eigenvalue weighted by Gasteiger charge is -2.18. The van der Waals surface area contributed by atoms with Gasteiger partial charge >= 0.3 is 0 Å². The Morgan fingerprint density at radius 2 is 2.12 bits per heavy atom. The van der Waals surface area contributed by atoms with Gasteiger partial charge in [0.25, 0.3) is 5.91 Å². The molecule has 25 heavy (non-hydrogen) atoms. The summed E-state index contributed by atoms with van der Waals surface area (Å²) in [4.78, 5) is 19.1. The van der Waals surface area contributed by atoms with Gasteiger partial charge < -0.3 is 15.0 Å². The van der Waals surface area contributed by atoms with Crippen molar-refractivity contribution in [2.75, 3.05) is 23.9 Å². The normalized spacial score (nSPS) is 22.0. The quantitative estimate of drug-likeness (QED) is 0.930. The maximum absolute atomic E-state index is 12.8. The fourth-order valence-corrected chi connectivity index (χ4v) is 3.81. The van der Waals surface area contributed by atoms with Crippen LogP contribution in [0.15, 0.2) is 42.6 Å². The zero-order valence-electron chi connectivity index (χ0n) is 14.4. The van der Waals surface area contributed by atoms with Crippen molar-refractivity contribution in [1.82, 2.24) is 4.98 Å². The van der Waals surface area contributed by atoms with E-state index < -0.39 is 0 Å². The van der Waals surface area contributed by atoms with Gasteiger partial charge in [-0.25, -0.2) is 4.98 Å². The van der Waals surface area contributed by atoms with Gasteiger partial charge in [-0.15, -0.1) is 0 Å². The molecule has 2 heterocycles. The third-order valence-electron chi connectivity index (χ3n) is 5.21. The first-order valence-electron chi connectivity index (χ1n) is 8.90. The van der Waals surface area contributed by atoms with Crippen molar-refractivity contribution in [3.63, 3.8) is 0 Å². The molecule has 1 aliphatic heterocycles.